The molecular weight excluding hydrogens is 280 g/mol. The lowest BCUT2D eigenvalue weighted by molar-refractivity contribution is -0.124. The molecule has 5 nitrogen and oxygen atoms in total. The van der Waals surface area contributed by atoms with Crippen LogP contribution in [-0.2, 0) is 4.79 Å². The molecule has 1 heterocycles. The van der Waals surface area contributed by atoms with Gasteiger partial charge in [0.15, 0.2) is 6.61 Å². The molecule has 0 bridgehead atoms. The summed E-state index contributed by atoms with van der Waals surface area (Å²) in [6.45, 7) is -0.0254. The van der Waals surface area contributed by atoms with Crippen molar-refractivity contribution in [3.8, 4) is 5.75 Å². The minimum Gasteiger partial charge on any atom is -0.483 e. The first-order valence-corrected chi connectivity index (χ1v) is 7.76. The number of aromatic nitrogens is 1. The van der Waals surface area contributed by atoms with E-state index >= 15 is 0 Å². The molecule has 0 saturated heterocycles. The lowest BCUT2D eigenvalue weighted by Crippen LogP contribution is -2.39. The Morgan fingerprint density at radius 2 is 2.00 bits per heavy atom. The first kappa shape index (κ1) is 14.6. The van der Waals surface area contributed by atoms with Crippen molar-refractivity contribution in [3.05, 3.63) is 40.8 Å². The fourth-order valence-electron chi connectivity index (χ4n) is 2.98. The van der Waals surface area contributed by atoms with Gasteiger partial charge in [0.1, 0.15) is 5.75 Å². The lowest BCUT2D eigenvalue weighted by atomic mass is 9.95. The second kappa shape index (κ2) is 6.64. The average Bonchev–Trinajstić information content (AvgIpc) is 2.54. The number of hydrogen-bond acceptors (Lipinski definition) is 3. The largest absolute Gasteiger partial charge is 0.483 e. The molecule has 1 aliphatic carbocycles. The van der Waals surface area contributed by atoms with E-state index < -0.39 is 0 Å². The Morgan fingerprint density at radius 3 is 2.82 bits per heavy atom. The third-order valence-corrected chi connectivity index (χ3v) is 4.10. The maximum atomic E-state index is 12.0. The standard InChI is InChI=1S/C17H20N2O3/c20-16(19-12-5-2-1-3-6-12)11-22-15-8-4-7-14-13(15)9-10-18-17(14)21/h4,7-10,12H,1-3,5-6,11H2,(H,18,21)(H,19,20). The zero-order chi connectivity index (χ0) is 15.4. The van der Waals surface area contributed by atoms with Crippen molar-refractivity contribution < 1.29 is 9.53 Å². The number of nitrogens with one attached hydrogen (secondary N) is 2. The van der Waals surface area contributed by atoms with Crippen molar-refractivity contribution in [2.24, 2.45) is 0 Å². The predicted molar refractivity (Wildman–Crippen MR) is 85.1 cm³/mol. The number of ether oxygens (including phenoxy) is 1. The summed E-state index contributed by atoms with van der Waals surface area (Å²) >= 11 is 0. The van der Waals surface area contributed by atoms with Crippen molar-refractivity contribution >= 4 is 16.7 Å². The van der Waals surface area contributed by atoms with Crippen LogP contribution in [0.15, 0.2) is 35.3 Å². The molecule has 1 fully saturated rings. The third-order valence-electron chi connectivity index (χ3n) is 4.10. The molecule has 0 unspecified atom stereocenters. The highest BCUT2D eigenvalue weighted by atomic mass is 16.5. The average molecular weight is 300 g/mol. The number of aromatic amines is 1. The van der Waals surface area contributed by atoms with Gasteiger partial charge >= 0.3 is 0 Å². The fraction of sp³-hybridized carbons (Fsp3) is 0.412. The molecule has 2 aromatic rings. The molecule has 0 spiro atoms. The van der Waals surface area contributed by atoms with E-state index in [9.17, 15) is 9.59 Å². The van der Waals surface area contributed by atoms with Gasteiger partial charge in [0.05, 0.1) is 5.39 Å². The molecule has 1 aromatic carbocycles. The van der Waals surface area contributed by atoms with Crippen LogP contribution in [0.25, 0.3) is 10.8 Å². The maximum absolute atomic E-state index is 12.0. The number of carbonyl (C=O) groups is 1. The number of benzene rings is 1. The van der Waals surface area contributed by atoms with Crippen LogP contribution in [0.1, 0.15) is 32.1 Å². The van der Waals surface area contributed by atoms with Crippen LogP contribution in [0.2, 0.25) is 0 Å². The molecule has 0 aliphatic heterocycles. The Bertz CT molecular complexity index is 717. The number of amides is 1. The summed E-state index contributed by atoms with van der Waals surface area (Å²) < 4.78 is 5.61. The maximum Gasteiger partial charge on any atom is 0.258 e. The Hall–Kier alpha value is -2.30. The highest BCUT2D eigenvalue weighted by molar-refractivity contribution is 5.87. The topological polar surface area (TPSA) is 71.2 Å². The van der Waals surface area contributed by atoms with E-state index in [0.29, 0.717) is 11.1 Å². The van der Waals surface area contributed by atoms with Gasteiger partial charge in [-0.25, -0.2) is 0 Å². The Labute approximate surface area is 128 Å². The summed E-state index contributed by atoms with van der Waals surface area (Å²) in [5, 5.41) is 4.30. The van der Waals surface area contributed by atoms with Crippen molar-refractivity contribution in [1.82, 2.24) is 10.3 Å². The van der Waals surface area contributed by atoms with E-state index in [2.05, 4.69) is 10.3 Å². The molecule has 1 saturated carbocycles. The van der Waals surface area contributed by atoms with Gasteiger partial charge in [-0.3, -0.25) is 9.59 Å². The number of carbonyl (C=O) groups excluding carboxylic acids is 1. The lowest BCUT2D eigenvalue weighted by Gasteiger charge is -2.22. The van der Waals surface area contributed by atoms with E-state index in [-0.39, 0.29) is 24.1 Å². The molecule has 1 aliphatic rings. The number of fused-ring (bicyclic) bond motifs is 1. The van der Waals surface area contributed by atoms with Crippen molar-refractivity contribution in [3.63, 3.8) is 0 Å². The Kier molecular flexibility index (Phi) is 4.42. The van der Waals surface area contributed by atoms with E-state index in [1.165, 1.54) is 19.3 Å². The van der Waals surface area contributed by atoms with Gasteiger partial charge in [-0.15, -0.1) is 0 Å². The number of rotatable bonds is 4. The smallest absolute Gasteiger partial charge is 0.258 e. The second-order valence-corrected chi connectivity index (χ2v) is 5.72. The van der Waals surface area contributed by atoms with Gasteiger partial charge in [-0.05, 0) is 31.0 Å². The molecule has 0 atom stereocenters. The number of hydrogen-bond donors (Lipinski definition) is 2. The monoisotopic (exact) mass is 300 g/mol. The van der Waals surface area contributed by atoms with Crippen molar-refractivity contribution in [1.29, 1.82) is 0 Å². The summed E-state index contributed by atoms with van der Waals surface area (Å²) in [6, 6.07) is 7.33. The van der Waals surface area contributed by atoms with Crippen LogP contribution in [0.3, 0.4) is 0 Å². The summed E-state index contributed by atoms with van der Waals surface area (Å²) in [4.78, 5) is 26.4. The molecule has 22 heavy (non-hydrogen) atoms. The van der Waals surface area contributed by atoms with Gasteiger partial charge in [0, 0.05) is 17.6 Å². The molecule has 5 heteroatoms. The summed E-state index contributed by atoms with van der Waals surface area (Å²) in [6.07, 6.45) is 7.30. The zero-order valence-corrected chi connectivity index (χ0v) is 12.4. The van der Waals surface area contributed by atoms with Crippen molar-refractivity contribution in [2.45, 2.75) is 38.1 Å². The molecule has 2 N–H and O–H groups in total. The van der Waals surface area contributed by atoms with Crippen LogP contribution in [0, 0.1) is 0 Å². The molecule has 0 radical (unpaired) electrons. The van der Waals surface area contributed by atoms with E-state index in [1.54, 1.807) is 30.5 Å². The molecular formula is C17H20N2O3. The van der Waals surface area contributed by atoms with Crippen molar-refractivity contribution in [2.75, 3.05) is 6.61 Å². The normalized spacial score (nSPS) is 15.6. The molecule has 1 amide bonds. The van der Waals surface area contributed by atoms with Gasteiger partial charge in [-0.1, -0.05) is 25.3 Å². The predicted octanol–water partition coefficient (Wildman–Crippen LogP) is 2.36. The fourth-order valence-corrected chi connectivity index (χ4v) is 2.98. The van der Waals surface area contributed by atoms with E-state index in [4.69, 9.17) is 4.74 Å². The quantitative estimate of drug-likeness (QED) is 0.910. The number of pyridine rings is 1. The first-order valence-electron chi connectivity index (χ1n) is 7.76. The summed E-state index contributed by atoms with van der Waals surface area (Å²) in [5.74, 6) is 0.455. The van der Waals surface area contributed by atoms with E-state index in [0.717, 1.165) is 18.2 Å². The summed E-state index contributed by atoms with van der Waals surface area (Å²) in [5.41, 5.74) is -0.158. The zero-order valence-electron chi connectivity index (χ0n) is 12.4. The minimum atomic E-state index is -0.158. The minimum absolute atomic E-state index is 0.0254. The van der Waals surface area contributed by atoms with Gasteiger partial charge < -0.3 is 15.0 Å². The van der Waals surface area contributed by atoms with Crippen LogP contribution in [-0.4, -0.2) is 23.5 Å². The highest BCUT2D eigenvalue weighted by Gasteiger charge is 2.16. The second-order valence-electron chi connectivity index (χ2n) is 5.72. The third kappa shape index (κ3) is 3.30. The molecule has 1 aromatic heterocycles. The van der Waals surface area contributed by atoms with Gasteiger partial charge in [0.2, 0.25) is 0 Å². The van der Waals surface area contributed by atoms with Crippen LogP contribution in [0.4, 0.5) is 0 Å². The molecule has 3 rings (SSSR count). The first-order chi connectivity index (χ1) is 10.7. The SMILES string of the molecule is O=C(COc1cccc2c(=O)[nH]ccc12)NC1CCCCC1. The van der Waals surface area contributed by atoms with Gasteiger partial charge in [-0.2, -0.15) is 0 Å². The Morgan fingerprint density at radius 1 is 1.18 bits per heavy atom. The van der Waals surface area contributed by atoms with Crippen LogP contribution in [0.5, 0.6) is 5.75 Å². The highest BCUT2D eigenvalue weighted by Crippen LogP contribution is 2.22. The van der Waals surface area contributed by atoms with Crippen LogP contribution >= 0.6 is 0 Å². The van der Waals surface area contributed by atoms with Crippen LogP contribution < -0.4 is 15.6 Å². The Balaban J connectivity index is 1.65. The number of H-pyrrole nitrogens is 1. The molecule has 116 valence electrons. The van der Waals surface area contributed by atoms with Gasteiger partial charge in [0.25, 0.3) is 11.5 Å². The summed E-state index contributed by atoms with van der Waals surface area (Å²) in [7, 11) is 0. The van der Waals surface area contributed by atoms with E-state index in [1.807, 2.05) is 0 Å².